The highest BCUT2D eigenvalue weighted by molar-refractivity contribution is 6.00. The molecule has 0 saturated carbocycles. The van der Waals surface area contributed by atoms with Gasteiger partial charge in [-0.25, -0.2) is 4.79 Å². The van der Waals surface area contributed by atoms with Gasteiger partial charge in [-0.3, -0.25) is 14.9 Å². The average molecular weight is 325 g/mol. The lowest BCUT2D eigenvalue weighted by Crippen LogP contribution is -2.13. The number of Topliss-reactive ketones (excluding diaryl/α,β-unsaturated/α-hetero) is 1. The van der Waals surface area contributed by atoms with E-state index in [2.05, 4.69) is 0 Å². The van der Waals surface area contributed by atoms with Gasteiger partial charge >= 0.3 is 5.97 Å². The lowest BCUT2D eigenvalue weighted by molar-refractivity contribution is -0.384. The summed E-state index contributed by atoms with van der Waals surface area (Å²) in [5.41, 5.74) is 0.561. The van der Waals surface area contributed by atoms with E-state index in [1.54, 1.807) is 24.3 Å². The molecule has 7 heteroatoms. The lowest BCUT2D eigenvalue weighted by atomic mass is 10.2. The van der Waals surface area contributed by atoms with E-state index in [1.165, 1.54) is 24.3 Å². The molecule has 0 bridgehead atoms. The highest BCUT2D eigenvalue weighted by atomic mass is 16.6. The second-order valence-electron chi connectivity index (χ2n) is 4.95. The van der Waals surface area contributed by atoms with Gasteiger partial charge in [-0.05, 0) is 24.3 Å². The molecule has 0 aliphatic heterocycles. The molecular formula is C17H11NO6. The topological polar surface area (TPSA) is 99.7 Å². The molecular weight excluding hydrogens is 314 g/mol. The molecule has 0 unspecified atom stereocenters. The summed E-state index contributed by atoms with van der Waals surface area (Å²) in [4.78, 5) is 33.9. The summed E-state index contributed by atoms with van der Waals surface area (Å²) in [6, 6.07) is 13.6. The Balaban J connectivity index is 1.64. The van der Waals surface area contributed by atoms with E-state index in [9.17, 15) is 19.7 Å². The minimum Gasteiger partial charge on any atom is -0.454 e. The lowest BCUT2D eigenvalue weighted by Gasteiger charge is -2.02. The van der Waals surface area contributed by atoms with Crippen LogP contribution >= 0.6 is 0 Å². The molecule has 0 saturated heterocycles. The van der Waals surface area contributed by atoms with Gasteiger partial charge in [0.1, 0.15) is 5.58 Å². The number of nitro groups is 1. The fourth-order valence-corrected chi connectivity index (χ4v) is 2.12. The van der Waals surface area contributed by atoms with Crippen LogP contribution in [0.3, 0.4) is 0 Å². The number of benzene rings is 2. The van der Waals surface area contributed by atoms with Gasteiger partial charge < -0.3 is 9.15 Å². The van der Waals surface area contributed by atoms with Crippen LogP contribution in [0.2, 0.25) is 0 Å². The molecule has 1 aromatic heterocycles. The maximum Gasteiger partial charge on any atom is 0.338 e. The van der Waals surface area contributed by atoms with E-state index in [4.69, 9.17) is 9.15 Å². The zero-order valence-corrected chi connectivity index (χ0v) is 12.3. The maximum absolute atomic E-state index is 12.0. The molecule has 0 fully saturated rings. The predicted octanol–water partition coefficient (Wildman–Crippen LogP) is 3.38. The smallest absolute Gasteiger partial charge is 0.338 e. The molecule has 3 rings (SSSR count). The summed E-state index contributed by atoms with van der Waals surface area (Å²) in [5.74, 6) is -1.11. The van der Waals surface area contributed by atoms with E-state index < -0.39 is 23.3 Å². The average Bonchev–Trinajstić information content (AvgIpc) is 3.03. The summed E-state index contributed by atoms with van der Waals surface area (Å²) in [6.45, 7) is -0.477. The molecule has 120 valence electrons. The Hall–Kier alpha value is -3.48. The summed E-state index contributed by atoms with van der Waals surface area (Å²) in [7, 11) is 0. The number of hydrogen-bond donors (Lipinski definition) is 0. The number of ketones is 1. The molecule has 0 radical (unpaired) electrons. The zero-order valence-electron chi connectivity index (χ0n) is 12.3. The molecule has 2 aromatic carbocycles. The second kappa shape index (κ2) is 6.33. The van der Waals surface area contributed by atoms with Gasteiger partial charge in [0.2, 0.25) is 5.78 Å². The van der Waals surface area contributed by atoms with Crippen LogP contribution in [0.15, 0.2) is 59.0 Å². The molecule has 0 aliphatic carbocycles. The van der Waals surface area contributed by atoms with Crippen molar-refractivity contribution >= 4 is 28.4 Å². The zero-order chi connectivity index (χ0) is 17.1. The van der Waals surface area contributed by atoms with Crippen LogP contribution in [-0.4, -0.2) is 23.3 Å². The highest BCUT2D eigenvalue weighted by Crippen LogP contribution is 2.19. The van der Waals surface area contributed by atoms with Gasteiger partial charge in [0.05, 0.1) is 10.5 Å². The Bertz CT molecular complexity index is 893. The molecule has 3 aromatic rings. The predicted molar refractivity (Wildman–Crippen MR) is 83.9 cm³/mol. The standard InChI is InChI=1S/C17H11NO6/c19-14(16-9-12-3-1-2-4-15(12)24-16)10-23-17(20)11-5-7-13(8-6-11)18(21)22/h1-9H,10H2. The number of ether oxygens (including phenoxy) is 1. The minimum absolute atomic E-state index is 0.104. The van der Waals surface area contributed by atoms with Gasteiger partial charge in [-0.15, -0.1) is 0 Å². The maximum atomic E-state index is 12.0. The molecule has 24 heavy (non-hydrogen) atoms. The quantitative estimate of drug-likeness (QED) is 0.308. The fourth-order valence-electron chi connectivity index (χ4n) is 2.12. The summed E-state index contributed by atoms with van der Waals surface area (Å²) >= 11 is 0. The van der Waals surface area contributed by atoms with Gasteiger partial charge in [-0.2, -0.15) is 0 Å². The molecule has 0 aliphatic rings. The first-order chi connectivity index (χ1) is 11.5. The van der Waals surface area contributed by atoms with E-state index in [0.29, 0.717) is 5.58 Å². The number of nitrogens with zero attached hydrogens (tertiary/aromatic N) is 1. The molecule has 0 N–H and O–H groups in total. The van der Waals surface area contributed by atoms with Crippen molar-refractivity contribution in [2.75, 3.05) is 6.61 Å². The number of para-hydroxylation sites is 1. The third-order valence-corrected chi connectivity index (χ3v) is 3.35. The van der Waals surface area contributed by atoms with Crippen LogP contribution in [0.25, 0.3) is 11.0 Å². The molecule has 0 atom stereocenters. The number of non-ortho nitro benzene ring substituents is 1. The van der Waals surface area contributed by atoms with E-state index >= 15 is 0 Å². The Morgan fingerprint density at radius 2 is 1.79 bits per heavy atom. The SMILES string of the molecule is O=C(OCC(=O)c1cc2ccccc2o1)c1ccc([N+](=O)[O-])cc1. The van der Waals surface area contributed by atoms with E-state index in [0.717, 1.165) is 5.39 Å². The van der Waals surface area contributed by atoms with Crippen LogP contribution in [0.1, 0.15) is 20.9 Å². The Morgan fingerprint density at radius 1 is 1.08 bits per heavy atom. The van der Waals surface area contributed by atoms with Crippen molar-refractivity contribution in [3.63, 3.8) is 0 Å². The summed E-state index contributed by atoms with van der Waals surface area (Å²) in [6.07, 6.45) is 0. The van der Waals surface area contributed by atoms with Crippen LogP contribution < -0.4 is 0 Å². The Morgan fingerprint density at radius 3 is 2.46 bits per heavy atom. The third kappa shape index (κ3) is 3.14. The van der Waals surface area contributed by atoms with Gasteiger partial charge in [-0.1, -0.05) is 18.2 Å². The number of fused-ring (bicyclic) bond motifs is 1. The first-order valence-electron chi connectivity index (χ1n) is 6.98. The molecule has 0 spiro atoms. The number of hydrogen-bond acceptors (Lipinski definition) is 6. The van der Waals surface area contributed by atoms with Crippen molar-refractivity contribution in [1.82, 2.24) is 0 Å². The van der Waals surface area contributed by atoms with E-state index in [1.807, 2.05) is 6.07 Å². The van der Waals surface area contributed by atoms with Gasteiger partial charge in [0.25, 0.3) is 5.69 Å². The van der Waals surface area contributed by atoms with Crippen molar-refractivity contribution in [3.05, 3.63) is 76.0 Å². The normalized spacial score (nSPS) is 10.5. The summed E-state index contributed by atoms with van der Waals surface area (Å²) in [5, 5.41) is 11.3. The number of nitro benzene ring substituents is 1. The number of esters is 1. The Kier molecular flexibility index (Phi) is 4.07. The first-order valence-corrected chi connectivity index (χ1v) is 6.98. The van der Waals surface area contributed by atoms with Crippen LogP contribution in [-0.2, 0) is 4.74 Å². The number of furan rings is 1. The molecule has 0 amide bonds. The number of rotatable bonds is 5. The third-order valence-electron chi connectivity index (χ3n) is 3.35. The number of carbonyl (C=O) groups is 2. The van der Waals surface area contributed by atoms with Gasteiger partial charge in [0.15, 0.2) is 12.4 Å². The Labute approximate surface area is 135 Å². The second-order valence-corrected chi connectivity index (χ2v) is 4.95. The van der Waals surface area contributed by atoms with Crippen molar-refractivity contribution in [1.29, 1.82) is 0 Å². The highest BCUT2D eigenvalue weighted by Gasteiger charge is 2.16. The van der Waals surface area contributed by atoms with Crippen molar-refractivity contribution in [2.24, 2.45) is 0 Å². The van der Waals surface area contributed by atoms with E-state index in [-0.39, 0.29) is 17.0 Å². The van der Waals surface area contributed by atoms with Crippen molar-refractivity contribution in [2.45, 2.75) is 0 Å². The van der Waals surface area contributed by atoms with Crippen LogP contribution in [0, 0.1) is 10.1 Å². The monoisotopic (exact) mass is 325 g/mol. The van der Waals surface area contributed by atoms with Crippen LogP contribution in [0.4, 0.5) is 5.69 Å². The first kappa shape index (κ1) is 15.4. The summed E-state index contributed by atoms with van der Waals surface area (Å²) < 4.78 is 10.3. The van der Waals surface area contributed by atoms with Gasteiger partial charge in [0, 0.05) is 17.5 Å². The number of carbonyl (C=O) groups excluding carboxylic acids is 2. The van der Waals surface area contributed by atoms with Crippen molar-refractivity contribution < 1.29 is 23.7 Å². The minimum atomic E-state index is -0.741. The molecule has 7 nitrogen and oxygen atoms in total. The van der Waals surface area contributed by atoms with Crippen molar-refractivity contribution in [3.8, 4) is 0 Å². The molecule has 1 heterocycles. The largest absolute Gasteiger partial charge is 0.454 e. The van der Waals surface area contributed by atoms with Crippen LogP contribution in [0.5, 0.6) is 0 Å². The fraction of sp³-hybridized carbons (Fsp3) is 0.0588.